The van der Waals surface area contributed by atoms with Gasteiger partial charge in [-0.05, 0) is 50.5 Å². The quantitative estimate of drug-likeness (QED) is 0.910. The lowest BCUT2D eigenvalue weighted by atomic mass is 10.0. The summed E-state index contributed by atoms with van der Waals surface area (Å²) in [6.45, 7) is 3.45. The molecule has 1 aromatic carbocycles. The van der Waals surface area contributed by atoms with Gasteiger partial charge in [0.2, 0.25) is 0 Å². The van der Waals surface area contributed by atoms with E-state index in [0.29, 0.717) is 10.0 Å². The lowest BCUT2D eigenvalue weighted by molar-refractivity contribution is 0.322. The Morgan fingerprint density at radius 1 is 1.24 bits per heavy atom. The molecule has 4 heteroatoms. The van der Waals surface area contributed by atoms with Crippen LogP contribution in [0.3, 0.4) is 0 Å². The molecule has 2 rings (SSSR count). The summed E-state index contributed by atoms with van der Waals surface area (Å²) in [5.74, 6) is 0. The topological polar surface area (TPSA) is 29.3 Å². The molecule has 17 heavy (non-hydrogen) atoms. The molecule has 1 aliphatic heterocycles. The lowest BCUT2D eigenvalue weighted by Crippen LogP contribution is -2.24. The maximum Gasteiger partial charge on any atom is 0.0640 e. The van der Waals surface area contributed by atoms with Crippen molar-refractivity contribution in [2.24, 2.45) is 5.73 Å². The molecular formula is C13H18Cl2N2. The molecule has 1 aromatic rings. The van der Waals surface area contributed by atoms with E-state index < -0.39 is 0 Å². The number of halogens is 2. The van der Waals surface area contributed by atoms with Crippen LogP contribution in [0, 0.1) is 0 Å². The van der Waals surface area contributed by atoms with Crippen molar-refractivity contribution in [1.29, 1.82) is 0 Å². The second kappa shape index (κ2) is 6.05. The van der Waals surface area contributed by atoms with Crippen LogP contribution >= 0.6 is 23.2 Å². The van der Waals surface area contributed by atoms with Gasteiger partial charge in [0.1, 0.15) is 0 Å². The average Bonchev–Trinajstić information content (AvgIpc) is 2.82. The maximum atomic E-state index is 6.17. The summed E-state index contributed by atoms with van der Waals surface area (Å²) in [5, 5.41) is 1.18. The zero-order valence-corrected chi connectivity index (χ0v) is 11.3. The minimum absolute atomic E-state index is 0.0261. The van der Waals surface area contributed by atoms with Gasteiger partial charge in [-0.1, -0.05) is 35.3 Å². The third kappa shape index (κ3) is 3.35. The van der Waals surface area contributed by atoms with Crippen molar-refractivity contribution in [1.82, 2.24) is 4.90 Å². The molecule has 0 aromatic heterocycles. The smallest absolute Gasteiger partial charge is 0.0640 e. The van der Waals surface area contributed by atoms with E-state index in [1.165, 1.54) is 25.9 Å². The van der Waals surface area contributed by atoms with E-state index in [-0.39, 0.29) is 6.04 Å². The molecule has 0 amide bonds. The van der Waals surface area contributed by atoms with Crippen LogP contribution in [-0.4, -0.2) is 24.5 Å². The predicted octanol–water partition coefficient (Wildman–Crippen LogP) is 3.48. The van der Waals surface area contributed by atoms with E-state index in [9.17, 15) is 0 Å². The third-order valence-corrected chi connectivity index (χ3v) is 4.17. The highest BCUT2D eigenvalue weighted by Crippen LogP contribution is 2.30. The minimum Gasteiger partial charge on any atom is -0.324 e. The van der Waals surface area contributed by atoms with Gasteiger partial charge in [0.15, 0.2) is 0 Å². The lowest BCUT2D eigenvalue weighted by Gasteiger charge is -2.19. The van der Waals surface area contributed by atoms with Crippen molar-refractivity contribution in [3.8, 4) is 0 Å². The Labute approximate surface area is 113 Å². The van der Waals surface area contributed by atoms with Gasteiger partial charge in [-0.2, -0.15) is 0 Å². The van der Waals surface area contributed by atoms with Crippen molar-refractivity contribution in [2.45, 2.75) is 25.3 Å². The molecule has 0 saturated carbocycles. The molecular weight excluding hydrogens is 255 g/mol. The first-order valence-electron chi connectivity index (χ1n) is 6.10. The maximum absolute atomic E-state index is 6.17. The SMILES string of the molecule is NC(CCN1CCCC1)c1cccc(Cl)c1Cl. The van der Waals surface area contributed by atoms with Gasteiger partial charge >= 0.3 is 0 Å². The van der Waals surface area contributed by atoms with Crippen LogP contribution in [0.25, 0.3) is 0 Å². The molecule has 1 fully saturated rings. The van der Waals surface area contributed by atoms with Crippen molar-refractivity contribution >= 4 is 23.2 Å². The molecule has 1 aliphatic rings. The van der Waals surface area contributed by atoms with Crippen molar-refractivity contribution in [3.05, 3.63) is 33.8 Å². The molecule has 2 N–H and O–H groups in total. The Hall–Kier alpha value is -0.280. The summed E-state index contributed by atoms with van der Waals surface area (Å²) < 4.78 is 0. The monoisotopic (exact) mass is 272 g/mol. The Balaban J connectivity index is 1.94. The van der Waals surface area contributed by atoms with Crippen molar-refractivity contribution < 1.29 is 0 Å². The summed E-state index contributed by atoms with van der Waals surface area (Å²) in [5.41, 5.74) is 7.13. The van der Waals surface area contributed by atoms with Gasteiger partial charge in [-0.15, -0.1) is 0 Å². The van der Waals surface area contributed by atoms with E-state index in [1.54, 1.807) is 6.07 Å². The highest BCUT2D eigenvalue weighted by atomic mass is 35.5. The van der Waals surface area contributed by atoms with Crippen LogP contribution in [0.15, 0.2) is 18.2 Å². The Morgan fingerprint density at radius 3 is 2.65 bits per heavy atom. The molecule has 0 radical (unpaired) electrons. The van der Waals surface area contributed by atoms with Crippen LogP contribution in [0.1, 0.15) is 30.9 Å². The van der Waals surface area contributed by atoms with Crippen LogP contribution in [0.5, 0.6) is 0 Å². The number of hydrogen-bond acceptors (Lipinski definition) is 2. The second-order valence-corrected chi connectivity index (χ2v) is 5.37. The summed E-state index contributed by atoms with van der Waals surface area (Å²) >= 11 is 12.1. The predicted molar refractivity (Wildman–Crippen MR) is 73.7 cm³/mol. The molecule has 1 atom stereocenters. The molecule has 1 saturated heterocycles. The highest BCUT2D eigenvalue weighted by molar-refractivity contribution is 6.42. The normalized spacial score (nSPS) is 18.5. The fourth-order valence-electron chi connectivity index (χ4n) is 2.29. The molecule has 0 spiro atoms. The first-order valence-corrected chi connectivity index (χ1v) is 6.86. The van der Waals surface area contributed by atoms with Gasteiger partial charge in [-0.25, -0.2) is 0 Å². The summed E-state index contributed by atoms with van der Waals surface area (Å²) in [7, 11) is 0. The molecule has 2 nitrogen and oxygen atoms in total. The number of rotatable bonds is 4. The number of hydrogen-bond donors (Lipinski definition) is 1. The zero-order chi connectivity index (χ0) is 12.3. The first-order chi connectivity index (χ1) is 8.18. The Kier molecular flexibility index (Phi) is 4.69. The van der Waals surface area contributed by atoms with Crippen LogP contribution in [0.4, 0.5) is 0 Å². The summed E-state index contributed by atoms with van der Waals surface area (Å²) in [6, 6.07) is 5.63. The van der Waals surface area contributed by atoms with E-state index in [0.717, 1.165) is 18.5 Å². The van der Waals surface area contributed by atoms with Crippen LogP contribution in [-0.2, 0) is 0 Å². The first kappa shape index (κ1) is 13.2. The van der Waals surface area contributed by atoms with Crippen molar-refractivity contribution in [2.75, 3.05) is 19.6 Å². The van der Waals surface area contributed by atoms with Gasteiger partial charge in [-0.3, -0.25) is 0 Å². The fraction of sp³-hybridized carbons (Fsp3) is 0.538. The van der Waals surface area contributed by atoms with E-state index >= 15 is 0 Å². The van der Waals surface area contributed by atoms with Crippen LogP contribution in [0.2, 0.25) is 10.0 Å². The molecule has 0 bridgehead atoms. The Bertz CT molecular complexity index is 376. The molecule has 0 aliphatic carbocycles. The average molecular weight is 273 g/mol. The molecule has 1 heterocycles. The van der Waals surface area contributed by atoms with Crippen LogP contribution < -0.4 is 5.73 Å². The van der Waals surface area contributed by atoms with Crippen molar-refractivity contribution in [3.63, 3.8) is 0 Å². The second-order valence-electron chi connectivity index (χ2n) is 4.59. The minimum atomic E-state index is -0.0261. The largest absolute Gasteiger partial charge is 0.324 e. The standard InChI is InChI=1S/C13H18Cl2N2/c14-11-5-3-4-10(13(11)15)12(16)6-9-17-7-1-2-8-17/h3-5,12H,1-2,6-9,16H2. The van der Waals surface area contributed by atoms with E-state index in [1.807, 2.05) is 12.1 Å². The summed E-state index contributed by atoms with van der Waals surface area (Å²) in [4.78, 5) is 2.46. The van der Waals surface area contributed by atoms with E-state index in [4.69, 9.17) is 28.9 Å². The fourth-order valence-corrected chi connectivity index (χ4v) is 2.74. The van der Waals surface area contributed by atoms with E-state index in [2.05, 4.69) is 4.90 Å². The number of benzene rings is 1. The van der Waals surface area contributed by atoms with Gasteiger partial charge in [0.25, 0.3) is 0 Å². The van der Waals surface area contributed by atoms with Gasteiger partial charge in [0, 0.05) is 6.04 Å². The third-order valence-electron chi connectivity index (χ3n) is 3.34. The van der Waals surface area contributed by atoms with Gasteiger partial charge in [0.05, 0.1) is 10.0 Å². The summed E-state index contributed by atoms with van der Waals surface area (Å²) in [6.07, 6.45) is 3.56. The molecule has 94 valence electrons. The highest BCUT2D eigenvalue weighted by Gasteiger charge is 2.16. The zero-order valence-electron chi connectivity index (χ0n) is 9.83. The number of nitrogens with two attached hydrogens (primary N) is 1. The molecule has 1 unspecified atom stereocenters. The number of nitrogens with zero attached hydrogens (tertiary/aromatic N) is 1. The van der Waals surface area contributed by atoms with Gasteiger partial charge < -0.3 is 10.6 Å². The number of likely N-dealkylation sites (tertiary alicyclic amines) is 1. The Morgan fingerprint density at radius 2 is 1.94 bits per heavy atom.